The molecule has 0 spiro atoms. The first kappa shape index (κ1) is 24.5. The highest BCUT2D eigenvalue weighted by Crippen LogP contribution is 2.36. The summed E-state index contributed by atoms with van der Waals surface area (Å²) >= 11 is 0. The number of aryl methyl sites for hydroxylation is 2. The normalized spacial score (nSPS) is 19.0. The minimum absolute atomic E-state index is 0.0271. The molecule has 0 heterocycles. The maximum Gasteiger partial charge on any atom is 0.314 e. The quantitative estimate of drug-likeness (QED) is 0.341. The minimum Gasteiger partial charge on any atom is -0.462 e. The molecule has 0 saturated heterocycles. The second-order valence-corrected chi connectivity index (χ2v) is 10.1. The van der Waals surface area contributed by atoms with Crippen molar-refractivity contribution in [1.82, 2.24) is 0 Å². The van der Waals surface area contributed by atoms with Gasteiger partial charge in [0.05, 0.1) is 12.0 Å². The number of unbranched alkanes of at least 4 members (excludes halogenated alkanes) is 2. The molecule has 0 radical (unpaired) electrons. The predicted octanol–water partition coefficient (Wildman–Crippen LogP) is 6.98. The first-order valence-electron chi connectivity index (χ1n) is 12.4. The molecule has 2 aromatic rings. The topological polar surface area (TPSA) is 46.5 Å². The number of rotatable bonds is 9. The van der Waals surface area contributed by atoms with Gasteiger partial charge in [0.15, 0.2) is 0 Å². The highest BCUT2D eigenvalue weighted by molar-refractivity contribution is 5.76. The van der Waals surface area contributed by atoms with Gasteiger partial charge in [0, 0.05) is 0 Å². The van der Waals surface area contributed by atoms with Crippen molar-refractivity contribution in [3.05, 3.63) is 59.2 Å². The third kappa shape index (κ3) is 6.22. The number of carbonyl (C=O) groups is 1. The SMILES string of the molecule is CCCCCc1ccc(-c2ccc(C3CCC(OC(=O)C(C)(C)CO)CC3)cc2C)cc1. The third-order valence-electron chi connectivity index (χ3n) is 6.95. The molecule has 0 bridgehead atoms. The second-order valence-electron chi connectivity index (χ2n) is 10.1. The Morgan fingerprint density at radius 2 is 1.72 bits per heavy atom. The van der Waals surface area contributed by atoms with E-state index < -0.39 is 5.41 Å². The maximum atomic E-state index is 12.2. The molecule has 1 aliphatic carbocycles. The molecule has 174 valence electrons. The fourth-order valence-electron chi connectivity index (χ4n) is 4.58. The van der Waals surface area contributed by atoms with Gasteiger partial charge in [-0.3, -0.25) is 4.79 Å². The van der Waals surface area contributed by atoms with Crippen molar-refractivity contribution >= 4 is 5.97 Å². The van der Waals surface area contributed by atoms with Gasteiger partial charge in [-0.15, -0.1) is 0 Å². The second kappa shape index (κ2) is 11.1. The number of aliphatic hydroxyl groups excluding tert-OH is 1. The molecule has 3 heteroatoms. The van der Waals surface area contributed by atoms with Gasteiger partial charge < -0.3 is 9.84 Å². The average molecular weight is 437 g/mol. The Bertz CT molecular complexity index is 874. The molecular formula is C29H40O3. The Hall–Kier alpha value is -2.13. The van der Waals surface area contributed by atoms with Crippen LogP contribution in [-0.4, -0.2) is 23.8 Å². The van der Waals surface area contributed by atoms with Crippen molar-refractivity contribution in [2.75, 3.05) is 6.61 Å². The van der Waals surface area contributed by atoms with E-state index in [9.17, 15) is 9.90 Å². The maximum absolute atomic E-state index is 12.2. The summed E-state index contributed by atoms with van der Waals surface area (Å²) in [7, 11) is 0. The standard InChI is InChI=1S/C29H40O3/c1-5-6-7-8-22-9-11-24(12-10-22)27-18-15-25(19-21(27)2)23-13-16-26(17-14-23)32-28(31)29(3,4)20-30/h9-12,15,18-19,23,26,30H,5-8,13-14,16-17,20H2,1-4H3. The van der Waals surface area contributed by atoms with Gasteiger partial charge in [-0.05, 0) is 93.0 Å². The summed E-state index contributed by atoms with van der Waals surface area (Å²) in [6.07, 6.45) is 8.81. The van der Waals surface area contributed by atoms with E-state index in [2.05, 4.69) is 56.3 Å². The molecule has 32 heavy (non-hydrogen) atoms. The zero-order valence-electron chi connectivity index (χ0n) is 20.3. The molecular weight excluding hydrogens is 396 g/mol. The number of aliphatic hydroxyl groups is 1. The van der Waals surface area contributed by atoms with Crippen molar-refractivity contribution < 1.29 is 14.6 Å². The van der Waals surface area contributed by atoms with Crippen molar-refractivity contribution in [3.63, 3.8) is 0 Å². The fraction of sp³-hybridized carbons (Fsp3) is 0.552. The summed E-state index contributed by atoms with van der Waals surface area (Å²) < 4.78 is 5.67. The van der Waals surface area contributed by atoms with Crippen LogP contribution in [0.4, 0.5) is 0 Å². The molecule has 0 unspecified atom stereocenters. The molecule has 0 aliphatic heterocycles. The molecule has 0 aromatic heterocycles. The van der Waals surface area contributed by atoms with Crippen molar-refractivity contribution in [3.8, 4) is 11.1 Å². The van der Waals surface area contributed by atoms with Crippen molar-refractivity contribution in [2.24, 2.45) is 5.41 Å². The number of benzene rings is 2. The molecule has 1 fully saturated rings. The molecule has 1 saturated carbocycles. The van der Waals surface area contributed by atoms with E-state index in [1.54, 1.807) is 13.8 Å². The summed E-state index contributed by atoms with van der Waals surface area (Å²) in [6.45, 7) is 7.72. The highest BCUT2D eigenvalue weighted by atomic mass is 16.5. The summed E-state index contributed by atoms with van der Waals surface area (Å²) in [5.41, 5.74) is 5.91. The molecule has 3 nitrogen and oxygen atoms in total. The highest BCUT2D eigenvalue weighted by Gasteiger charge is 2.32. The van der Waals surface area contributed by atoms with E-state index in [4.69, 9.17) is 4.74 Å². The Labute approximate surface area is 194 Å². The average Bonchev–Trinajstić information content (AvgIpc) is 2.80. The molecule has 0 atom stereocenters. The summed E-state index contributed by atoms with van der Waals surface area (Å²) in [6, 6.07) is 16.0. The largest absolute Gasteiger partial charge is 0.462 e. The lowest BCUT2D eigenvalue weighted by Crippen LogP contribution is -2.34. The zero-order chi connectivity index (χ0) is 23.1. The lowest BCUT2D eigenvalue weighted by molar-refractivity contribution is -0.163. The van der Waals surface area contributed by atoms with E-state index in [1.165, 1.54) is 53.5 Å². The third-order valence-corrected chi connectivity index (χ3v) is 6.95. The number of ether oxygens (including phenoxy) is 1. The van der Waals surface area contributed by atoms with Crippen LogP contribution >= 0.6 is 0 Å². The summed E-state index contributed by atoms with van der Waals surface area (Å²) in [4.78, 5) is 12.2. The monoisotopic (exact) mass is 436 g/mol. The van der Waals surface area contributed by atoms with Crippen LogP contribution < -0.4 is 0 Å². The number of carbonyl (C=O) groups excluding carboxylic acids is 1. The lowest BCUT2D eigenvalue weighted by Gasteiger charge is -2.31. The molecule has 3 rings (SSSR count). The fourth-order valence-corrected chi connectivity index (χ4v) is 4.58. The zero-order valence-corrected chi connectivity index (χ0v) is 20.3. The van der Waals surface area contributed by atoms with E-state index in [1.807, 2.05) is 0 Å². The Morgan fingerprint density at radius 3 is 2.31 bits per heavy atom. The van der Waals surface area contributed by atoms with Crippen molar-refractivity contribution in [2.45, 2.75) is 91.1 Å². The van der Waals surface area contributed by atoms with Crippen LogP contribution in [0.15, 0.2) is 42.5 Å². The first-order chi connectivity index (χ1) is 15.3. The minimum atomic E-state index is -0.822. The van der Waals surface area contributed by atoms with Gasteiger partial charge in [-0.25, -0.2) is 0 Å². The van der Waals surface area contributed by atoms with E-state index in [-0.39, 0.29) is 18.7 Å². The predicted molar refractivity (Wildman–Crippen MR) is 132 cm³/mol. The van der Waals surface area contributed by atoms with Gasteiger partial charge in [0.25, 0.3) is 0 Å². The van der Waals surface area contributed by atoms with Gasteiger partial charge in [0.2, 0.25) is 0 Å². The Morgan fingerprint density at radius 1 is 1.03 bits per heavy atom. The van der Waals surface area contributed by atoms with E-state index in [0.717, 1.165) is 25.7 Å². The number of hydrogen-bond acceptors (Lipinski definition) is 3. The van der Waals surface area contributed by atoms with Crippen LogP contribution in [0.5, 0.6) is 0 Å². The van der Waals surface area contributed by atoms with Crippen LogP contribution in [0.25, 0.3) is 11.1 Å². The van der Waals surface area contributed by atoms with E-state index >= 15 is 0 Å². The van der Waals surface area contributed by atoms with Crippen molar-refractivity contribution in [1.29, 1.82) is 0 Å². The molecule has 1 N–H and O–H groups in total. The Kier molecular flexibility index (Phi) is 8.53. The van der Waals surface area contributed by atoms with Crippen LogP contribution in [0.2, 0.25) is 0 Å². The van der Waals surface area contributed by atoms with Gasteiger partial charge in [-0.1, -0.05) is 62.2 Å². The van der Waals surface area contributed by atoms with Gasteiger partial charge in [-0.2, -0.15) is 0 Å². The van der Waals surface area contributed by atoms with Crippen LogP contribution in [0.1, 0.15) is 88.3 Å². The molecule has 2 aromatic carbocycles. The first-order valence-corrected chi connectivity index (χ1v) is 12.4. The van der Waals surface area contributed by atoms with Gasteiger partial charge in [0.1, 0.15) is 6.10 Å². The lowest BCUT2D eigenvalue weighted by atomic mass is 9.81. The van der Waals surface area contributed by atoms with Crippen LogP contribution in [0, 0.1) is 12.3 Å². The van der Waals surface area contributed by atoms with E-state index in [0.29, 0.717) is 5.92 Å². The Balaban J connectivity index is 1.58. The van der Waals surface area contributed by atoms with Crippen LogP contribution in [0.3, 0.4) is 0 Å². The molecule has 1 aliphatic rings. The number of esters is 1. The van der Waals surface area contributed by atoms with Crippen LogP contribution in [-0.2, 0) is 16.0 Å². The summed E-state index contributed by atoms with van der Waals surface area (Å²) in [5.74, 6) is 0.226. The smallest absolute Gasteiger partial charge is 0.314 e. The molecule has 0 amide bonds. The summed E-state index contributed by atoms with van der Waals surface area (Å²) in [5, 5.41) is 9.37. The number of hydrogen-bond donors (Lipinski definition) is 1. The van der Waals surface area contributed by atoms with Gasteiger partial charge >= 0.3 is 5.97 Å².